The maximum atomic E-state index is 5.61. The lowest BCUT2D eigenvalue weighted by Gasteiger charge is -2.10. The average molecular weight is 215 g/mol. The number of nitrogens with zero attached hydrogens (tertiary/aromatic N) is 2. The number of hydrogen-bond donors (Lipinski definition) is 0. The molecule has 0 aliphatic rings. The standard InChI is InChI=1S/C10H15ClN2O/c1-3-4-8(2)14-7-9-5-13-10(11)6-12-9/h5-6,8H,3-4,7H2,1-2H3. The Labute approximate surface area is 89.5 Å². The van der Waals surface area contributed by atoms with Crippen LogP contribution in [0, 0.1) is 0 Å². The molecule has 0 bridgehead atoms. The summed E-state index contributed by atoms with van der Waals surface area (Å²) >= 11 is 5.61. The van der Waals surface area contributed by atoms with Gasteiger partial charge in [-0.15, -0.1) is 0 Å². The first-order chi connectivity index (χ1) is 6.72. The van der Waals surface area contributed by atoms with Crippen LogP contribution in [-0.4, -0.2) is 16.1 Å². The largest absolute Gasteiger partial charge is 0.372 e. The van der Waals surface area contributed by atoms with E-state index in [4.69, 9.17) is 16.3 Å². The molecule has 1 unspecified atom stereocenters. The Morgan fingerprint density at radius 1 is 1.43 bits per heavy atom. The second-order valence-electron chi connectivity index (χ2n) is 3.24. The average Bonchev–Trinajstić information content (AvgIpc) is 2.17. The zero-order chi connectivity index (χ0) is 10.4. The van der Waals surface area contributed by atoms with Crippen molar-refractivity contribution in [1.82, 2.24) is 9.97 Å². The van der Waals surface area contributed by atoms with Crippen molar-refractivity contribution in [2.75, 3.05) is 0 Å². The second kappa shape index (κ2) is 5.94. The molecular weight excluding hydrogens is 200 g/mol. The molecule has 0 radical (unpaired) electrons. The number of hydrogen-bond acceptors (Lipinski definition) is 3. The fourth-order valence-corrected chi connectivity index (χ4v) is 1.23. The Hall–Kier alpha value is -0.670. The van der Waals surface area contributed by atoms with E-state index >= 15 is 0 Å². The van der Waals surface area contributed by atoms with E-state index in [1.54, 1.807) is 6.20 Å². The molecule has 1 aromatic rings. The van der Waals surface area contributed by atoms with Gasteiger partial charge in [-0.2, -0.15) is 0 Å². The third-order valence-electron chi connectivity index (χ3n) is 1.88. The minimum Gasteiger partial charge on any atom is -0.372 e. The van der Waals surface area contributed by atoms with Crippen molar-refractivity contribution in [3.8, 4) is 0 Å². The third-order valence-corrected chi connectivity index (χ3v) is 2.08. The third kappa shape index (κ3) is 4.03. The zero-order valence-electron chi connectivity index (χ0n) is 8.53. The number of halogens is 1. The van der Waals surface area contributed by atoms with Crippen LogP contribution in [0.5, 0.6) is 0 Å². The molecule has 0 aliphatic carbocycles. The van der Waals surface area contributed by atoms with E-state index in [1.807, 2.05) is 0 Å². The molecule has 1 rings (SSSR count). The van der Waals surface area contributed by atoms with Gasteiger partial charge in [-0.25, -0.2) is 4.98 Å². The van der Waals surface area contributed by atoms with Gasteiger partial charge in [-0.1, -0.05) is 24.9 Å². The summed E-state index contributed by atoms with van der Waals surface area (Å²) < 4.78 is 5.56. The predicted octanol–water partition coefficient (Wildman–Crippen LogP) is 2.84. The first-order valence-electron chi connectivity index (χ1n) is 4.80. The summed E-state index contributed by atoms with van der Waals surface area (Å²) in [6.07, 6.45) is 5.65. The molecule has 1 atom stereocenters. The summed E-state index contributed by atoms with van der Waals surface area (Å²) in [5, 5.41) is 0.412. The molecule has 3 nitrogen and oxygen atoms in total. The predicted molar refractivity (Wildman–Crippen MR) is 56.2 cm³/mol. The highest BCUT2D eigenvalue weighted by atomic mass is 35.5. The topological polar surface area (TPSA) is 35.0 Å². The Morgan fingerprint density at radius 3 is 2.79 bits per heavy atom. The lowest BCUT2D eigenvalue weighted by Crippen LogP contribution is -2.08. The highest BCUT2D eigenvalue weighted by Gasteiger charge is 2.02. The van der Waals surface area contributed by atoms with Crippen molar-refractivity contribution in [2.45, 2.75) is 39.4 Å². The summed E-state index contributed by atoms with van der Waals surface area (Å²) in [4.78, 5) is 8.02. The summed E-state index contributed by atoms with van der Waals surface area (Å²) in [5.74, 6) is 0. The minimum atomic E-state index is 0.275. The zero-order valence-corrected chi connectivity index (χ0v) is 9.29. The normalized spacial score (nSPS) is 12.8. The molecule has 0 spiro atoms. The lowest BCUT2D eigenvalue weighted by molar-refractivity contribution is 0.0451. The quantitative estimate of drug-likeness (QED) is 0.756. The molecule has 0 aromatic carbocycles. The molecule has 0 fully saturated rings. The van der Waals surface area contributed by atoms with E-state index in [9.17, 15) is 0 Å². The van der Waals surface area contributed by atoms with Gasteiger partial charge in [0.05, 0.1) is 30.8 Å². The summed E-state index contributed by atoms with van der Waals surface area (Å²) in [5.41, 5.74) is 0.817. The Bertz CT molecular complexity index is 263. The Balaban J connectivity index is 2.34. The molecule has 0 N–H and O–H groups in total. The monoisotopic (exact) mass is 214 g/mol. The molecule has 14 heavy (non-hydrogen) atoms. The SMILES string of the molecule is CCCC(C)OCc1cnc(Cl)cn1. The highest BCUT2D eigenvalue weighted by Crippen LogP contribution is 2.06. The number of rotatable bonds is 5. The minimum absolute atomic E-state index is 0.275. The van der Waals surface area contributed by atoms with Crippen molar-refractivity contribution in [3.63, 3.8) is 0 Å². The van der Waals surface area contributed by atoms with Crippen molar-refractivity contribution in [3.05, 3.63) is 23.2 Å². The second-order valence-corrected chi connectivity index (χ2v) is 3.63. The summed E-state index contributed by atoms with van der Waals surface area (Å²) in [6.45, 7) is 4.71. The van der Waals surface area contributed by atoms with Gasteiger partial charge >= 0.3 is 0 Å². The van der Waals surface area contributed by atoms with Crippen LogP contribution < -0.4 is 0 Å². The summed E-state index contributed by atoms with van der Waals surface area (Å²) in [7, 11) is 0. The van der Waals surface area contributed by atoms with Gasteiger partial charge in [0, 0.05) is 0 Å². The van der Waals surface area contributed by atoms with Gasteiger partial charge in [0.2, 0.25) is 0 Å². The first kappa shape index (κ1) is 11.4. The van der Waals surface area contributed by atoms with Gasteiger partial charge in [0.25, 0.3) is 0 Å². The van der Waals surface area contributed by atoms with Gasteiger partial charge in [0.15, 0.2) is 0 Å². The maximum Gasteiger partial charge on any atom is 0.147 e. The van der Waals surface area contributed by atoms with Crippen LogP contribution in [-0.2, 0) is 11.3 Å². The van der Waals surface area contributed by atoms with Crippen LogP contribution >= 0.6 is 11.6 Å². The fraction of sp³-hybridized carbons (Fsp3) is 0.600. The van der Waals surface area contributed by atoms with Gasteiger partial charge in [-0.3, -0.25) is 4.98 Å². The van der Waals surface area contributed by atoms with Crippen molar-refractivity contribution < 1.29 is 4.74 Å². The smallest absolute Gasteiger partial charge is 0.147 e. The van der Waals surface area contributed by atoms with Crippen LogP contribution in [0.3, 0.4) is 0 Å². The molecule has 0 amide bonds. The molecule has 1 heterocycles. The van der Waals surface area contributed by atoms with E-state index in [-0.39, 0.29) is 6.10 Å². The molecule has 0 aliphatic heterocycles. The van der Waals surface area contributed by atoms with E-state index in [0.717, 1.165) is 18.5 Å². The van der Waals surface area contributed by atoms with Gasteiger partial charge < -0.3 is 4.74 Å². The van der Waals surface area contributed by atoms with E-state index in [1.165, 1.54) is 6.20 Å². The van der Waals surface area contributed by atoms with E-state index < -0.39 is 0 Å². The number of ether oxygens (including phenoxy) is 1. The van der Waals surface area contributed by atoms with Gasteiger partial charge in [-0.05, 0) is 13.3 Å². The maximum absolute atomic E-state index is 5.61. The van der Waals surface area contributed by atoms with E-state index in [2.05, 4.69) is 23.8 Å². The molecule has 78 valence electrons. The van der Waals surface area contributed by atoms with E-state index in [0.29, 0.717) is 11.8 Å². The van der Waals surface area contributed by atoms with Crippen molar-refractivity contribution in [1.29, 1.82) is 0 Å². The number of aromatic nitrogens is 2. The Morgan fingerprint density at radius 2 is 2.21 bits per heavy atom. The van der Waals surface area contributed by atoms with Gasteiger partial charge in [0.1, 0.15) is 5.15 Å². The van der Waals surface area contributed by atoms with Crippen LogP contribution in [0.2, 0.25) is 5.15 Å². The van der Waals surface area contributed by atoms with Crippen LogP contribution in [0.15, 0.2) is 12.4 Å². The Kier molecular flexibility index (Phi) is 4.84. The molecule has 0 saturated carbocycles. The molecular formula is C10H15ClN2O. The molecule has 0 saturated heterocycles. The first-order valence-corrected chi connectivity index (χ1v) is 5.18. The highest BCUT2D eigenvalue weighted by molar-refractivity contribution is 6.29. The van der Waals surface area contributed by atoms with Crippen LogP contribution in [0.25, 0.3) is 0 Å². The van der Waals surface area contributed by atoms with Crippen LogP contribution in [0.1, 0.15) is 32.4 Å². The molecule has 1 aromatic heterocycles. The lowest BCUT2D eigenvalue weighted by atomic mass is 10.2. The fourth-order valence-electron chi connectivity index (χ4n) is 1.13. The van der Waals surface area contributed by atoms with Crippen molar-refractivity contribution in [2.24, 2.45) is 0 Å². The van der Waals surface area contributed by atoms with Crippen LogP contribution in [0.4, 0.5) is 0 Å². The molecule has 4 heteroatoms. The van der Waals surface area contributed by atoms with Crippen molar-refractivity contribution >= 4 is 11.6 Å². The summed E-state index contributed by atoms with van der Waals surface area (Å²) in [6, 6.07) is 0.